The first kappa shape index (κ1) is 20.1. The molecule has 2 rings (SSSR count). The van der Waals surface area contributed by atoms with Crippen molar-refractivity contribution in [2.75, 3.05) is 11.0 Å². The Morgan fingerprint density at radius 1 is 1.04 bits per heavy atom. The van der Waals surface area contributed by atoms with Crippen LogP contribution in [0.4, 0.5) is 5.69 Å². The minimum absolute atomic E-state index is 0.0907. The van der Waals surface area contributed by atoms with Crippen LogP contribution < -0.4 is 10.0 Å². The van der Waals surface area contributed by atoms with Crippen molar-refractivity contribution in [3.8, 4) is 0 Å². The molecular weight excluding hydrogens is 420 g/mol. The van der Waals surface area contributed by atoms with Crippen molar-refractivity contribution >= 4 is 43.3 Å². The summed E-state index contributed by atoms with van der Waals surface area (Å²) < 4.78 is 25.8. The molecule has 8 heteroatoms. The van der Waals surface area contributed by atoms with Gasteiger partial charge < -0.3 is 5.32 Å². The lowest BCUT2D eigenvalue weighted by molar-refractivity contribution is -0.121. The van der Waals surface area contributed by atoms with Gasteiger partial charge in [0.05, 0.1) is 6.26 Å². The predicted octanol–water partition coefficient (Wildman–Crippen LogP) is 3.10. The van der Waals surface area contributed by atoms with E-state index in [2.05, 4.69) is 26.0 Å². The van der Waals surface area contributed by atoms with Crippen molar-refractivity contribution in [2.24, 2.45) is 0 Å². The lowest BCUT2D eigenvalue weighted by atomic mass is 10.1. The summed E-state index contributed by atoms with van der Waals surface area (Å²) in [6, 6.07) is 13.7. The number of benzene rings is 2. The third-order valence-corrected chi connectivity index (χ3v) is 4.60. The van der Waals surface area contributed by atoms with Gasteiger partial charge in [-0.2, -0.15) is 0 Å². The Bertz CT molecular complexity index is 896. The fraction of sp³-hybridized carbons (Fsp3) is 0.222. The van der Waals surface area contributed by atoms with Gasteiger partial charge in [0.2, 0.25) is 15.9 Å². The van der Waals surface area contributed by atoms with Crippen molar-refractivity contribution in [2.45, 2.75) is 19.4 Å². The molecule has 0 unspecified atom stereocenters. The predicted molar refractivity (Wildman–Crippen MR) is 104 cm³/mol. The summed E-state index contributed by atoms with van der Waals surface area (Å²) in [7, 11) is -3.35. The largest absolute Gasteiger partial charge is 0.352 e. The lowest BCUT2D eigenvalue weighted by Crippen LogP contribution is -2.23. The van der Waals surface area contributed by atoms with Crippen molar-refractivity contribution < 1.29 is 18.0 Å². The first-order valence-corrected chi connectivity index (χ1v) is 10.5. The van der Waals surface area contributed by atoms with E-state index >= 15 is 0 Å². The molecule has 26 heavy (non-hydrogen) atoms. The first-order chi connectivity index (χ1) is 12.2. The van der Waals surface area contributed by atoms with Crippen LogP contribution in [0, 0.1) is 0 Å². The van der Waals surface area contributed by atoms with Crippen LogP contribution in [0.2, 0.25) is 0 Å². The molecular formula is C18H19BrN2O4S. The molecule has 1 amide bonds. The molecule has 0 saturated carbocycles. The second kappa shape index (κ2) is 8.95. The molecule has 0 spiro atoms. The number of hydrogen-bond acceptors (Lipinski definition) is 4. The Balaban J connectivity index is 1.82. The molecule has 0 aromatic heterocycles. The Morgan fingerprint density at radius 2 is 1.73 bits per heavy atom. The highest BCUT2D eigenvalue weighted by atomic mass is 79.9. The molecule has 6 nitrogen and oxygen atoms in total. The van der Waals surface area contributed by atoms with Crippen LogP contribution in [0.5, 0.6) is 0 Å². The smallest absolute Gasteiger partial charge is 0.229 e. The Morgan fingerprint density at radius 3 is 2.38 bits per heavy atom. The Kier molecular flexibility index (Phi) is 6.93. The van der Waals surface area contributed by atoms with Gasteiger partial charge in [0.15, 0.2) is 5.78 Å². The van der Waals surface area contributed by atoms with E-state index in [0.717, 1.165) is 16.3 Å². The molecule has 2 N–H and O–H groups in total. The van der Waals surface area contributed by atoms with Gasteiger partial charge in [0.25, 0.3) is 0 Å². The van der Waals surface area contributed by atoms with Crippen LogP contribution in [0.1, 0.15) is 28.8 Å². The number of carbonyl (C=O) groups excluding carboxylic acids is 2. The van der Waals surface area contributed by atoms with Gasteiger partial charge in [-0.15, -0.1) is 0 Å². The molecule has 0 aliphatic rings. The number of anilines is 1. The second-order valence-corrected chi connectivity index (χ2v) is 8.45. The van der Waals surface area contributed by atoms with Crippen LogP contribution in [0.3, 0.4) is 0 Å². The van der Waals surface area contributed by atoms with Gasteiger partial charge in [0.1, 0.15) is 0 Å². The average molecular weight is 439 g/mol. The zero-order valence-corrected chi connectivity index (χ0v) is 16.6. The molecule has 0 bridgehead atoms. The number of carbonyl (C=O) groups is 2. The summed E-state index contributed by atoms with van der Waals surface area (Å²) in [6.07, 6.45) is 1.29. The van der Waals surface area contributed by atoms with Crippen LogP contribution >= 0.6 is 15.9 Å². The molecule has 2 aromatic rings. The summed E-state index contributed by atoms with van der Waals surface area (Å²) in [5.41, 5.74) is 1.76. The van der Waals surface area contributed by atoms with E-state index in [4.69, 9.17) is 0 Å². The minimum atomic E-state index is -3.35. The number of hydrogen-bond donors (Lipinski definition) is 2. The van der Waals surface area contributed by atoms with Crippen LogP contribution in [0.15, 0.2) is 53.0 Å². The third-order valence-electron chi connectivity index (χ3n) is 3.47. The zero-order valence-electron chi connectivity index (χ0n) is 14.2. The monoisotopic (exact) mass is 438 g/mol. The standard InChI is InChI=1S/C18H19BrN2O4S/c1-26(24,25)21-16-4-2-3-13(11-16)12-20-18(23)10-9-17(22)14-5-7-15(19)8-6-14/h2-8,11,21H,9-10,12H2,1H3,(H,20,23). The molecule has 0 atom stereocenters. The van der Waals surface area contributed by atoms with Gasteiger partial charge in [-0.3, -0.25) is 14.3 Å². The molecule has 138 valence electrons. The molecule has 2 aromatic carbocycles. The van der Waals surface area contributed by atoms with E-state index in [0.29, 0.717) is 11.3 Å². The fourth-order valence-corrected chi connectivity index (χ4v) is 3.07. The summed E-state index contributed by atoms with van der Waals surface area (Å²) >= 11 is 3.31. The lowest BCUT2D eigenvalue weighted by Gasteiger charge is -2.08. The molecule has 0 radical (unpaired) electrons. The number of amides is 1. The maximum Gasteiger partial charge on any atom is 0.229 e. The minimum Gasteiger partial charge on any atom is -0.352 e. The molecule has 0 fully saturated rings. The van der Waals surface area contributed by atoms with Crippen molar-refractivity contribution in [1.29, 1.82) is 0 Å². The molecule has 0 heterocycles. The summed E-state index contributed by atoms with van der Waals surface area (Å²) in [6.45, 7) is 0.255. The molecule has 0 aliphatic heterocycles. The molecule has 0 aliphatic carbocycles. The van der Waals surface area contributed by atoms with Crippen LogP contribution in [-0.4, -0.2) is 26.4 Å². The van der Waals surface area contributed by atoms with Crippen molar-refractivity contribution in [1.82, 2.24) is 5.32 Å². The highest BCUT2D eigenvalue weighted by Crippen LogP contribution is 2.13. The Labute approximate surface area is 161 Å². The topological polar surface area (TPSA) is 92.3 Å². The summed E-state index contributed by atoms with van der Waals surface area (Å²) in [5.74, 6) is -0.330. The Hall–Kier alpha value is -2.19. The van der Waals surface area contributed by atoms with Gasteiger partial charge in [0, 0.05) is 35.1 Å². The van der Waals surface area contributed by atoms with Crippen LogP contribution in [-0.2, 0) is 21.4 Å². The quantitative estimate of drug-likeness (QED) is 0.619. The maximum absolute atomic E-state index is 12.1. The van der Waals surface area contributed by atoms with E-state index in [1.54, 1.807) is 48.5 Å². The average Bonchev–Trinajstić information content (AvgIpc) is 2.57. The highest BCUT2D eigenvalue weighted by Gasteiger charge is 2.09. The highest BCUT2D eigenvalue weighted by molar-refractivity contribution is 9.10. The molecule has 0 saturated heterocycles. The number of rotatable bonds is 8. The van der Waals surface area contributed by atoms with Crippen molar-refractivity contribution in [3.05, 3.63) is 64.1 Å². The second-order valence-electron chi connectivity index (χ2n) is 5.78. The maximum atomic E-state index is 12.1. The zero-order chi connectivity index (χ0) is 19.2. The van der Waals surface area contributed by atoms with Crippen molar-refractivity contribution in [3.63, 3.8) is 0 Å². The van der Waals surface area contributed by atoms with Gasteiger partial charge in [-0.25, -0.2) is 8.42 Å². The SMILES string of the molecule is CS(=O)(=O)Nc1cccc(CNC(=O)CCC(=O)c2ccc(Br)cc2)c1. The van der Waals surface area contributed by atoms with Crippen LogP contribution in [0.25, 0.3) is 0 Å². The number of halogens is 1. The van der Waals surface area contributed by atoms with Gasteiger partial charge in [-0.1, -0.05) is 40.2 Å². The summed E-state index contributed by atoms with van der Waals surface area (Å²) in [5, 5.41) is 2.73. The van der Waals surface area contributed by atoms with Gasteiger partial charge in [-0.05, 0) is 29.8 Å². The number of sulfonamides is 1. The van der Waals surface area contributed by atoms with E-state index in [-0.39, 0.29) is 31.1 Å². The normalized spacial score (nSPS) is 11.0. The number of ketones is 1. The number of nitrogens with one attached hydrogen (secondary N) is 2. The van der Waals surface area contributed by atoms with Gasteiger partial charge >= 0.3 is 0 Å². The third kappa shape index (κ3) is 6.97. The fourth-order valence-electron chi connectivity index (χ4n) is 2.26. The van der Waals surface area contributed by atoms with E-state index in [1.165, 1.54) is 0 Å². The van der Waals surface area contributed by atoms with E-state index in [9.17, 15) is 18.0 Å². The summed E-state index contributed by atoms with van der Waals surface area (Å²) in [4.78, 5) is 24.0. The van der Waals surface area contributed by atoms with E-state index < -0.39 is 10.0 Å². The first-order valence-electron chi connectivity index (χ1n) is 7.85. The number of Topliss-reactive ketones (excluding diaryl/α,β-unsaturated/α-hetero) is 1. The van der Waals surface area contributed by atoms with E-state index in [1.807, 2.05) is 0 Å².